The number of thioether (sulfide) groups is 1. The molecule has 0 radical (unpaired) electrons. The molecule has 1 aliphatic rings. The van der Waals surface area contributed by atoms with Gasteiger partial charge in [-0.2, -0.15) is 0 Å². The normalized spacial score (nSPS) is 19.2. The summed E-state index contributed by atoms with van der Waals surface area (Å²) in [5.74, 6) is -0.0882. The molecule has 5 heteroatoms. The van der Waals surface area contributed by atoms with Gasteiger partial charge < -0.3 is 5.11 Å². The molecule has 1 saturated heterocycles. The lowest BCUT2D eigenvalue weighted by Crippen LogP contribution is -2.47. The fourth-order valence-corrected chi connectivity index (χ4v) is 2.79. The summed E-state index contributed by atoms with van der Waals surface area (Å²) in [6, 6.07) is 6.83. The molecule has 19 heavy (non-hydrogen) atoms. The summed E-state index contributed by atoms with van der Waals surface area (Å²) in [6.07, 6.45) is 3.34. The predicted octanol–water partition coefficient (Wildman–Crippen LogP) is 3.12. The molecule has 0 saturated carbocycles. The van der Waals surface area contributed by atoms with Crippen molar-refractivity contribution in [1.82, 2.24) is 4.90 Å². The van der Waals surface area contributed by atoms with Crippen molar-refractivity contribution in [3.63, 3.8) is 0 Å². The van der Waals surface area contributed by atoms with Crippen LogP contribution in [-0.2, 0) is 0 Å². The molecular weight excluding hydrogens is 262 g/mol. The van der Waals surface area contributed by atoms with Crippen LogP contribution in [0.25, 0.3) is 0 Å². The smallest absolute Gasteiger partial charge is 0.407 e. The van der Waals surface area contributed by atoms with E-state index in [0.717, 1.165) is 17.7 Å². The predicted molar refractivity (Wildman–Crippen MR) is 74.9 cm³/mol. The van der Waals surface area contributed by atoms with Gasteiger partial charge in [0.05, 0.1) is 6.04 Å². The van der Waals surface area contributed by atoms with Gasteiger partial charge in [-0.3, -0.25) is 9.69 Å². The Balaban J connectivity index is 2.18. The number of nitrogens with zero attached hydrogens (tertiary/aromatic N) is 1. The number of benzene rings is 1. The van der Waals surface area contributed by atoms with Gasteiger partial charge in [0.25, 0.3) is 0 Å². The number of rotatable bonds is 3. The minimum absolute atomic E-state index is 0.0882. The summed E-state index contributed by atoms with van der Waals surface area (Å²) in [5.41, 5.74) is 0.593. The van der Waals surface area contributed by atoms with Crippen molar-refractivity contribution in [2.24, 2.45) is 0 Å². The molecule has 1 unspecified atom stereocenters. The van der Waals surface area contributed by atoms with E-state index in [1.807, 2.05) is 18.4 Å². The molecule has 1 aromatic carbocycles. The van der Waals surface area contributed by atoms with Crippen LogP contribution in [0.5, 0.6) is 0 Å². The number of hydrogen-bond acceptors (Lipinski definition) is 3. The monoisotopic (exact) mass is 279 g/mol. The molecule has 1 aliphatic heterocycles. The van der Waals surface area contributed by atoms with E-state index < -0.39 is 12.1 Å². The average Bonchev–Trinajstić information content (AvgIpc) is 2.46. The largest absolute Gasteiger partial charge is 0.465 e. The first kappa shape index (κ1) is 13.9. The van der Waals surface area contributed by atoms with E-state index in [0.29, 0.717) is 18.5 Å². The summed E-state index contributed by atoms with van der Waals surface area (Å²) in [6.45, 7) is 0.453. The highest BCUT2D eigenvalue weighted by atomic mass is 32.2. The van der Waals surface area contributed by atoms with E-state index in [-0.39, 0.29) is 5.78 Å². The zero-order chi connectivity index (χ0) is 13.8. The zero-order valence-electron chi connectivity index (χ0n) is 10.8. The van der Waals surface area contributed by atoms with E-state index in [1.165, 1.54) is 4.90 Å². The number of Topliss-reactive ketones (excluding diaryl/α,β-unsaturated/α-hetero) is 1. The number of hydrogen-bond donors (Lipinski definition) is 1. The van der Waals surface area contributed by atoms with E-state index in [4.69, 9.17) is 5.11 Å². The van der Waals surface area contributed by atoms with Crippen molar-refractivity contribution in [3.05, 3.63) is 29.8 Å². The first-order valence-corrected chi connectivity index (χ1v) is 7.54. The molecule has 102 valence electrons. The molecule has 0 aliphatic carbocycles. The van der Waals surface area contributed by atoms with Crippen LogP contribution in [0, 0.1) is 0 Å². The van der Waals surface area contributed by atoms with Crippen LogP contribution < -0.4 is 0 Å². The second-order valence-electron chi connectivity index (χ2n) is 4.58. The van der Waals surface area contributed by atoms with Gasteiger partial charge in [0.1, 0.15) is 0 Å². The number of likely N-dealkylation sites (tertiary alicyclic amines) is 1. The molecule has 0 bridgehead atoms. The molecule has 1 aromatic rings. The van der Waals surface area contributed by atoms with Gasteiger partial charge in [-0.05, 0) is 37.7 Å². The topological polar surface area (TPSA) is 57.6 Å². The van der Waals surface area contributed by atoms with Crippen LogP contribution in [0.4, 0.5) is 4.79 Å². The summed E-state index contributed by atoms with van der Waals surface area (Å²) >= 11 is 1.61. The summed E-state index contributed by atoms with van der Waals surface area (Å²) < 4.78 is 0. The zero-order valence-corrected chi connectivity index (χ0v) is 11.7. The fraction of sp³-hybridized carbons (Fsp3) is 0.429. The molecule has 0 aromatic heterocycles. The quantitative estimate of drug-likeness (QED) is 0.682. The highest BCUT2D eigenvalue weighted by Gasteiger charge is 2.32. The molecule has 0 spiro atoms. The van der Waals surface area contributed by atoms with Crippen molar-refractivity contribution < 1.29 is 14.7 Å². The molecule has 1 atom stereocenters. The van der Waals surface area contributed by atoms with Gasteiger partial charge in [-0.25, -0.2) is 4.79 Å². The molecule has 1 fully saturated rings. The van der Waals surface area contributed by atoms with Gasteiger partial charge in [0.15, 0.2) is 5.78 Å². The standard InChI is InChI=1S/C14H17NO3S/c1-19-11-7-5-10(6-8-11)13(16)12-4-2-3-9-15(12)14(17)18/h5-8,12H,2-4,9H2,1H3,(H,17,18). The Morgan fingerprint density at radius 2 is 1.95 bits per heavy atom. The molecular formula is C14H17NO3S. The average molecular weight is 279 g/mol. The lowest BCUT2D eigenvalue weighted by atomic mass is 9.95. The second-order valence-corrected chi connectivity index (χ2v) is 5.46. The van der Waals surface area contributed by atoms with Crippen LogP contribution in [-0.4, -0.2) is 40.7 Å². The second kappa shape index (κ2) is 6.10. The molecule has 4 nitrogen and oxygen atoms in total. The number of carbonyl (C=O) groups is 2. The van der Waals surface area contributed by atoms with Gasteiger partial charge in [-0.1, -0.05) is 12.1 Å². The molecule has 2 rings (SSSR count). The van der Waals surface area contributed by atoms with E-state index in [9.17, 15) is 9.59 Å². The van der Waals surface area contributed by atoms with Crippen LogP contribution in [0.3, 0.4) is 0 Å². The number of ketones is 1. The summed E-state index contributed by atoms with van der Waals surface area (Å²) in [7, 11) is 0. The Hall–Kier alpha value is -1.49. The number of carboxylic acid groups (broad SMARTS) is 1. The number of amides is 1. The van der Waals surface area contributed by atoms with Crippen molar-refractivity contribution in [1.29, 1.82) is 0 Å². The van der Waals surface area contributed by atoms with Crippen molar-refractivity contribution >= 4 is 23.6 Å². The maximum absolute atomic E-state index is 12.4. The first-order chi connectivity index (χ1) is 9.13. The fourth-order valence-electron chi connectivity index (χ4n) is 2.38. The summed E-state index contributed by atoms with van der Waals surface area (Å²) in [4.78, 5) is 25.9. The van der Waals surface area contributed by atoms with Crippen molar-refractivity contribution in [2.45, 2.75) is 30.2 Å². The molecule has 1 heterocycles. The Morgan fingerprint density at radius 1 is 1.26 bits per heavy atom. The third-order valence-corrected chi connectivity index (χ3v) is 4.17. The Kier molecular flexibility index (Phi) is 4.47. The van der Waals surface area contributed by atoms with Gasteiger partial charge in [-0.15, -0.1) is 11.8 Å². The number of piperidine rings is 1. The molecule has 1 N–H and O–H groups in total. The maximum atomic E-state index is 12.4. The van der Waals surface area contributed by atoms with E-state index in [1.54, 1.807) is 23.9 Å². The third-order valence-electron chi connectivity index (χ3n) is 3.43. The lowest BCUT2D eigenvalue weighted by molar-refractivity contribution is 0.0714. The van der Waals surface area contributed by atoms with Crippen LogP contribution in [0.1, 0.15) is 29.6 Å². The van der Waals surface area contributed by atoms with Crippen LogP contribution >= 0.6 is 11.8 Å². The van der Waals surface area contributed by atoms with Gasteiger partial charge >= 0.3 is 6.09 Å². The lowest BCUT2D eigenvalue weighted by Gasteiger charge is -2.32. The van der Waals surface area contributed by atoms with E-state index >= 15 is 0 Å². The SMILES string of the molecule is CSc1ccc(C(=O)C2CCCCN2C(=O)O)cc1. The molecule has 1 amide bonds. The minimum atomic E-state index is -1.00. The van der Waals surface area contributed by atoms with Crippen LogP contribution in [0.15, 0.2) is 29.2 Å². The van der Waals surface area contributed by atoms with Crippen LogP contribution in [0.2, 0.25) is 0 Å². The first-order valence-electron chi connectivity index (χ1n) is 6.31. The highest BCUT2D eigenvalue weighted by molar-refractivity contribution is 7.98. The van der Waals surface area contributed by atoms with E-state index in [2.05, 4.69) is 0 Å². The Labute approximate surface area is 116 Å². The van der Waals surface area contributed by atoms with Crippen molar-refractivity contribution in [2.75, 3.05) is 12.8 Å². The van der Waals surface area contributed by atoms with Crippen molar-refractivity contribution in [3.8, 4) is 0 Å². The maximum Gasteiger partial charge on any atom is 0.407 e. The Bertz CT molecular complexity index is 472. The summed E-state index contributed by atoms with van der Waals surface area (Å²) in [5, 5.41) is 9.16. The minimum Gasteiger partial charge on any atom is -0.465 e. The van der Waals surface area contributed by atoms with Gasteiger partial charge in [0.2, 0.25) is 0 Å². The van der Waals surface area contributed by atoms with Gasteiger partial charge in [0, 0.05) is 17.0 Å². The number of carbonyl (C=O) groups excluding carboxylic acids is 1. The third kappa shape index (κ3) is 3.10. The highest BCUT2D eigenvalue weighted by Crippen LogP contribution is 2.22. The Morgan fingerprint density at radius 3 is 2.53 bits per heavy atom.